The molecule has 2 aromatic rings. The van der Waals surface area contributed by atoms with Gasteiger partial charge >= 0.3 is 0 Å². The molecule has 1 nitrogen and oxygen atoms in total. The maximum Gasteiger partial charge on any atom is 0.124 e. The van der Waals surface area contributed by atoms with Gasteiger partial charge in [0.25, 0.3) is 0 Å². The van der Waals surface area contributed by atoms with Crippen molar-refractivity contribution in [3.63, 3.8) is 0 Å². The van der Waals surface area contributed by atoms with Gasteiger partial charge in [0.05, 0.1) is 0 Å². The topological polar surface area (TPSA) is 26.0 Å². The molecule has 1 saturated carbocycles. The molecule has 1 aliphatic carbocycles. The summed E-state index contributed by atoms with van der Waals surface area (Å²) < 4.78 is 13.1. The molecule has 0 aliphatic heterocycles. The predicted molar refractivity (Wildman–Crippen MR) is 87.1 cm³/mol. The Labute approximate surface area is 129 Å². The van der Waals surface area contributed by atoms with Crippen molar-refractivity contribution in [2.75, 3.05) is 5.75 Å². The van der Waals surface area contributed by atoms with Crippen molar-refractivity contribution in [3.8, 4) is 0 Å². The summed E-state index contributed by atoms with van der Waals surface area (Å²) in [7, 11) is 0. The Morgan fingerprint density at radius 2 is 1.90 bits per heavy atom. The highest BCUT2D eigenvalue weighted by Gasteiger charge is 2.19. The molecule has 3 rings (SSSR count). The summed E-state index contributed by atoms with van der Waals surface area (Å²) in [6, 6.07) is 15.4. The molecule has 1 fully saturated rings. The highest BCUT2D eigenvalue weighted by atomic mass is 32.2. The van der Waals surface area contributed by atoms with E-state index in [9.17, 15) is 4.39 Å². The molecule has 0 bridgehead atoms. The van der Waals surface area contributed by atoms with E-state index < -0.39 is 0 Å². The Hall–Kier alpha value is -1.32. The van der Waals surface area contributed by atoms with E-state index in [1.165, 1.54) is 30.9 Å². The smallest absolute Gasteiger partial charge is 0.124 e. The van der Waals surface area contributed by atoms with E-state index >= 15 is 0 Å². The minimum atomic E-state index is -0.196. The fourth-order valence-corrected chi connectivity index (χ4v) is 3.53. The second kappa shape index (κ2) is 6.63. The summed E-state index contributed by atoms with van der Waals surface area (Å²) in [6.07, 6.45) is 4.00. The average Bonchev–Trinajstić information content (AvgIpc) is 2.44. The molecule has 0 heterocycles. The van der Waals surface area contributed by atoms with Gasteiger partial charge in [-0.15, -0.1) is 11.8 Å². The number of benzene rings is 2. The van der Waals surface area contributed by atoms with Gasteiger partial charge in [-0.25, -0.2) is 4.39 Å². The number of hydrogen-bond acceptors (Lipinski definition) is 2. The van der Waals surface area contributed by atoms with Crippen LogP contribution in [-0.2, 0) is 0 Å². The molecule has 0 radical (unpaired) electrons. The van der Waals surface area contributed by atoms with Crippen molar-refractivity contribution in [1.82, 2.24) is 0 Å². The summed E-state index contributed by atoms with van der Waals surface area (Å²) >= 11 is 1.60. The van der Waals surface area contributed by atoms with E-state index in [4.69, 9.17) is 5.73 Å². The maximum absolute atomic E-state index is 13.1. The van der Waals surface area contributed by atoms with Crippen LogP contribution in [-0.4, -0.2) is 5.75 Å². The van der Waals surface area contributed by atoms with Crippen molar-refractivity contribution < 1.29 is 4.39 Å². The third kappa shape index (κ3) is 3.66. The fourth-order valence-electron chi connectivity index (χ4n) is 2.60. The van der Waals surface area contributed by atoms with Crippen LogP contribution in [0.4, 0.5) is 4.39 Å². The lowest BCUT2D eigenvalue weighted by atomic mass is 9.80. The number of halogens is 1. The minimum absolute atomic E-state index is 0.0197. The van der Waals surface area contributed by atoms with Gasteiger partial charge in [0.2, 0.25) is 0 Å². The van der Waals surface area contributed by atoms with Crippen molar-refractivity contribution >= 4 is 11.8 Å². The first-order valence-corrected chi connectivity index (χ1v) is 8.45. The minimum Gasteiger partial charge on any atom is -0.323 e. The van der Waals surface area contributed by atoms with Crippen LogP contribution >= 0.6 is 11.8 Å². The molecule has 0 amide bonds. The zero-order valence-corrected chi connectivity index (χ0v) is 12.8. The quantitative estimate of drug-likeness (QED) is 0.796. The summed E-state index contributed by atoms with van der Waals surface area (Å²) in [5.41, 5.74) is 8.83. The Bertz CT molecular complexity index is 592. The molecule has 21 heavy (non-hydrogen) atoms. The van der Waals surface area contributed by atoms with Gasteiger partial charge in [-0.05, 0) is 48.1 Å². The lowest BCUT2D eigenvalue weighted by molar-refractivity contribution is 0.419. The highest BCUT2D eigenvalue weighted by molar-refractivity contribution is 7.99. The lowest BCUT2D eigenvalue weighted by Gasteiger charge is -2.26. The molecule has 0 saturated heterocycles. The van der Waals surface area contributed by atoms with Crippen molar-refractivity contribution in [3.05, 3.63) is 65.5 Å². The van der Waals surface area contributed by atoms with Crippen LogP contribution in [0.15, 0.2) is 53.4 Å². The van der Waals surface area contributed by atoms with Gasteiger partial charge in [-0.3, -0.25) is 0 Å². The van der Waals surface area contributed by atoms with Crippen molar-refractivity contribution in [2.45, 2.75) is 36.1 Å². The van der Waals surface area contributed by atoms with Crippen LogP contribution in [0.2, 0.25) is 0 Å². The maximum atomic E-state index is 13.1. The molecule has 1 aliphatic rings. The Kier molecular flexibility index (Phi) is 4.61. The van der Waals surface area contributed by atoms with Crippen LogP contribution in [0.25, 0.3) is 0 Å². The largest absolute Gasteiger partial charge is 0.323 e. The number of nitrogens with two attached hydrogens (primary N) is 1. The fraction of sp³-hybridized carbons (Fsp3) is 0.333. The third-order valence-electron chi connectivity index (χ3n) is 4.17. The second-order valence-corrected chi connectivity index (χ2v) is 6.76. The third-order valence-corrected chi connectivity index (χ3v) is 5.28. The van der Waals surface area contributed by atoms with Crippen LogP contribution in [0.3, 0.4) is 0 Å². The summed E-state index contributed by atoms with van der Waals surface area (Å²) in [4.78, 5) is 0.927. The van der Waals surface area contributed by atoms with Crippen molar-refractivity contribution in [2.24, 2.45) is 5.73 Å². The molecular formula is C18H20FNS. The molecule has 1 unspecified atom stereocenters. The molecule has 110 valence electrons. The van der Waals surface area contributed by atoms with Gasteiger partial charge in [-0.1, -0.05) is 36.8 Å². The molecular weight excluding hydrogens is 281 g/mol. The number of hydrogen-bond donors (Lipinski definition) is 1. The second-order valence-electron chi connectivity index (χ2n) is 5.67. The average molecular weight is 301 g/mol. The van der Waals surface area contributed by atoms with E-state index in [0.29, 0.717) is 0 Å². The Morgan fingerprint density at radius 3 is 2.52 bits per heavy atom. The molecule has 2 aromatic carbocycles. The molecule has 1 atom stereocenters. The van der Waals surface area contributed by atoms with E-state index in [1.807, 2.05) is 6.07 Å². The molecule has 2 N–H and O–H groups in total. The van der Waals surface area contributed by atoms with E-state index in [-0.39, 0.29) is 11.9 Å². The van der Waals surface area contributed by atoms with Crippen LogP contribution in [0, 0.1) is 5.82 Å². The zero-order chi connectivity index (χ0) is 14.7. The zero-order valence-electron chi connectivity index (χ0n) is 12.0. The Morgan fingerprint density at radius 1 is 1.14 bits per heavy atom. The number of rotatable bonds is 5. The number of thioether (sulfide) groups is 1. The van der Waals surface area contributed by atoms with Crippen LogP contribution in [0.1, 0.15) is 42.3 Å². The van der Waals surface area contributed by atoms with Gasteiger partial charge < -0.3 is 5.73 Å². The lowest BCUT2D eigenvalue weighted by Crippen LogP contribution is -2.14. The highest BCUT2D eigenvalue weighted by Crippen LogP contribution is 2.36. The molecule has 3 heteroatoms. The van der Waals surface area contributed by atoms with Gasteiger partial charge in [-0.2, -0.15) is 0 Å². The molecule has 0 aromatic heterocycles. The molecule has 0 spiro atoms. The van der Waals surface area contributed by atoms with Gasteiger partial charge in [0, 0.05) is 16.7 Å². The SMILES string of the molecule is NC(CSc1cccc(F)c1)c1ccc(C2CCC2)cc1. The van der Waals surface area contributed by atoms with Gasteiger partial charge in [0.15, 0.2) is 0 Å². The first kappa shape index (κ1) is 14.6. The van der Waals surface area contributed by atoms with E-state index in [0.717, 1.165) is 22.1 Å². The van der Waals surface area contributed by atoms with E-state index in [1.54, 1.807) is 23.9 Å². The Balaban J connectivity index is 1.58. The first-order valence-electron chi connectivity index (χ1n) is 7.46. The normalized spacial score (nSPS) is 16.5. The first-order chi connectivity index (χ1) is 10.2. The van der Waals surface area contributed by atoms with Crippen molar-refractivity contribution in [1.29, 1.82) is 0 Å². The monoisotopic (exact) mass is 301 g/mol. The predicted octanol–water partition coefficient (Wildman–Crippen LogP) is 4.89. The van der Waals surface area contributed by atoms with Gasteiger partial charge in [0.1, 0.15) is 5.82 Å². The summed E-state index contributed by atoms with van der Waals surface area (Å²) in [5, 5.41) is 0. The van der Waals surface area contributed by atoms with Crippen LogP contribution < -0.4 is 5.73 Å². The standard InChI is InChI=1S/C18H20FNS/c19-16-5-2-6-17(11-16)21-12-18(20)15-9-7-14(8-10-15)13-3-1-4-13/h2,5-11,13,18H,1,3-4,12,20H2. The summed E-state index contributed by atoms with van der Waals surface area (Å²) in [6.45, 7) is 0. The van der Waals surface area contributed by atoms with Crippen LogP contribution in [0.5, 0.6) is 0 Å². The summed E-state index contributed by atoms with van der Waals surface area (Å²) in [5.74, 6) is 1.32. The van der Waals surface area contributed by atoms with E-state index in [2.05, 4.69) is 24.3 Å².